The predicted octanol–water partition coefficient (Wildman–Crippen LogP) is 6.14. The van der Waals surface area contributed by atoms with Gasteiger partial charge in [0.25, 0.3) is 5.91 Å². The van der Waals surface area contributed by atoms with Crippen molar-refractivity contribution in [1.29, 1.82) is 0 Å². The molecule has 1 N–H and O–H groups in total. The molecule has 0 saturated heterocycles. The van der Waals surface area contributed by atoms with E-state index in [4.69, 9.17) is 4.74 Å². The summed E-state index contributed by atoms with van der Waals surface area (Å²) in [5, 5.41) is 3.04. The van der Waals surface area contributed by atoms with Crippen LogP contribution in [0.25, 0.3) is 16.8 Å². The molecular formula is C28H23N3O2. The normalized spacial score (nSPS) is 10.8. The Morgan fingerprint density at radius 1 is 0.909 bits per heavy atom. The summed E-state index contributed by atoms with van der Waals surface area (Å²) >= 11 is 0. The van der Waals surface area contributed by atoms with Crippen LogP contribution in [0.15, 0.2) is 103 Å². The molecule has 0 aliphatic heterocycles. The largest absolute Gasteiger partial charge is 0.487 e. The number of pyridine rings is 1. The maximum absolute atomic E-state index is 13.0. The van der Waals surface area contributed by atoms with Gasteiger partial charge in [-0.2, -0.15) is 0 Å². The van der Waals surface area contributed by atoms with E-state index in [2.05, 4.69) is 10.3 Å². The zero-order valence-corrected chi connectivity index (χ0v) is 18.2. The Morgan fingerprint density at radius 3 is 2.61 bits per heavy atom. The fourth-order valence-corrected chi connectivity index (χ4v) is 3.77. The Morgan fingerprint density at radius 2 is 1.73 bits per heavy atom. The molecule has 5 rings (SSSR count). The van der Waals surface area contributed by atoms with Gasteiger partial charge in [-0.25, -0.2) is 4.98 Å². The molecule has 5 heteroatoms. The number of fused-ring (bicyclic) bond motifs is 1. The highest BCUT2D eigenvalue weighted by Gasteiger charge is 2.11. The van der Waals surface area contributed by atoms with Crippen molar-refractivity contribution in [2.45, 2.75) is 13.5 Å². The lowest BCUT2D eigenvalue weighted by Gasteiger charge is -2.12. The number of hydrogen-bond acceptors (Lipinski definition) is 3. The van der Waals surface area contributed by atoms with Gasteiger partial charge in [-0.05, 0) is 48.4 Å². The SMILES string of the molecule is Cc1ccc2nc(COc3cccc(C(=O)Nc4ccccc4-c4ccccc4)c3)cn2c1. The summed E-state index contributed by atoms with van der Waals surface area (Å²) in [7, 11) is 0. The van der Waals surface area contributed by atoms with Gasteiger partial charge in [0.05, 0.1) is 5.69 Å². The standard InChI is InChI=1S/C28H23N3O2/c1-20-14-15-27-29-23(18-31(27)17-20)19-33-24-11-7-10-22(16-24)28(32)30-26-13-6-5-12-25(26)21-8-3-2-4-9-21/h2-18H,19H2,1H3,(H,30,32). The van der Waals surface area contributed by atoms with E-state index in [1.165, 1.54) is 5.56 Å². The van der Waals surface area contributed by atoms with Crippen molar-refractivity contribution in [3.63, 3.8) is 0 Å². The zero-order valence-electron chi connectivity index (χ0n) is 18.2. The van der Waals surface area contributed by atoms with Crippen LogP contribution in [0.1, 0.15) is 21.6 Å². The summed E-state index contributed by atoms with van der Waals surface area (Å²) in [6, 6.07) is 29.0. The second-order valence-corrected chi connectivity index (χ2v) is 7.89. The van der Waals surface area contributed by atoms with E-state index in [0.717, 1.165) is 28.2 Å². The van der Waals surface area contributed by atoms with Crippen LogP contribution in [0.2, 0.25) is 0 Å². The van der Waals surface area contributed by atoms with Crippen molar-refractivity contribution in [2.24, 2.45) is 0 Å². The Kier molecular flexibility index (Phi) is 5.60. The van der Waals surface area contributed by atoms with Gasteiger partial charge < -0.3 is 14.5 Å². The highest BCUT2D eigenvalue weighted by Crippen LogP contribution is 2.28. The molecule has 1 amide bonds. The summed E-state index contributed by atoms with van der Waals surface area (Å²) in [5.74, 6) is 0.430. The van der Waals surface area contributed by atoms with Crippen LogP contribution >= 0.6 is 0 Å². The summed E-state index contributed by atoms with van der Waals surface area (Å²) < 4.78 is 7.92. The van der Waals surface area contributed by atoms with Crippen molar-refractivity contribution < 1.29 is 9.53 Å². The number of rotatable bonds is 6. The highest BCUT2D eigenvalue weighted by atomic mass is 16.5. The maximum atomic E-state index is 13.0. The molecule has 0 spiro atoms. The van der Waals surface area contributed by atoms with Crippen LogP contribution < -0.4 is 10.1 Å². The summed E-state index contributed by atoms with van der Waals surface area (Å²) in [5.41, 5.74) is 6.19. The molecule has 0 aliphatic carbocycles. The molecule has 0 saturated carbocycles. The van der Waals surface area contributed by atoms with E-state index >= 15 is 0 Å². The number of benzene rings is 3. The number of nitrogens with one attached hydrogen (secondary N) is 1. The Hall–Kier alpha value is -4.38. The lowest BCUT2D eigenvalue weighted by Crippen LogP contribution is -2.12. The molecular weight excluding hydrogens is 410 g/mol. The number of hydrogen-bond donors (Lipinski definition) is 1. The number of carbonyl (C=O) groups excluding carboxylic acids is 1. The van der Waals surface area contributed by atoms with Gasteiger partial charge in [0.2, 0.25) is 0 Å². The molecule has 5 aromatic rings. The van der Waals surface area contributed by atoms with Crippen molar-refractivity contribution in [3.05, 3.63) is 120 Å². The van der Waals surface area contributed by atoms with Gasteiger partial charge in [-0.1, -0.05) is 60.7 Å². The highest BCUT2D eigenvalue weighted by molar-refractivity contribution is 6.06. The topological polar surface area (TPSA) is 55.6 Å². The smallest absolute Gasteiger partial charge is 0.255 e. The Labute approximate surface area is 192 Å². The number of nitrogens with zero attached hydrogens (tertiary/aromatic N) is 2. The molecule has 2 heterocycles. The lowest BCUT2D eigenvalue weighted by atomic mass is 10.0. The quantitative estimate of drug-likeness (QED) is 0.350. The lowest BCUT2D eigenvalue weighted by molar-refractivity contribution is 0.102. The maximum Gasteiger partial charge on any atom is 0.255 e. The van der Waals surface area contributed by atoms with Crippen LogP contribution in [0, 0.1) is 6.92 Å². The number of imidazole rings is 1. The Bertz CT molecular complexity index is 1420. The minimum atomic E-state index is -0.188. The molecule has 0 fully saturated rings. The first-order valence-corrected chi connectivity index (χ1v) is 10.8. The summed E-state index contributed by atoms with van der Waals surface area (Å²) in [6.45, 7) is 2.37. The number of anilines is 1. The third-order valence-electron chi connectivity index (χ3n) is 5.39. The number of aromatic nitrogens is 2. The number of aryl methyl sites for hydroxylation is 1. The van der Waals surface area contributed by atoms with Gasteiger partial charge >= 0.3 is 0 Å². The van der Waals surface area contributed by atoms with Crippen molar-refractivity contribution in [3.8, 4) is 16.9 Å². The fraction of sp³-hybridized carbons (Fsp3) is 0.0714. The van der Waals surface area contributed by atoms with Crippen LogP contribution in [-0.2, 0) is 6.61 Å². The minimum Gasteiger partial charge on any atom is -0.487 e. The molecule has 33 heavy (non-hydrogen) atoms. The van der Waals surface area contributed by atoms with Crippen LogP contribution in [0.3, 0.4) is 0 Å². The summed E-state index contributed by atoms with van der Waals surface area (Å²) in [6.07, 6.45) is 3.99. The summed E-state index contributed by atoms with van der Waals surface area (Å²) in [4.78, 5) is 17.6. The first-order chi connectivity index (χ1) is 16.2. The second-order valence-electron chi connectivity index (χ2n) is 7.89. The van der Waals surface area contributed by atoms with Crippen LogP contribution in [-0.4, -0.2) is 15.3 Å². The van der Waals surface area contributed by atoms with E-state index in [-0.39, 0.29) is 5.91 Å². The van der Waals surface area contributed by atoms with Gasteiger partial charge in [-0.15, -0.1) is 0 Å². The fourth-order valence-electron chi connectivity index (χ4n) is 3.77. The van der Waals surface area contributed by atoms with E-state index in [1.807, 2.05) is 103 Å². The molecule has 5 nitrogen and oxygen atoms in total. The van der Waals surface area contributed by atoms with Gasteiger partial charge in [-0.3, -0.25) is 4.79 Å². The first-order valence-electron chi connectivity index (χ1n) is 10.8. The molecule has 3 aromatic carbocycles. The number of amides is 1. The minimum absolute atomic E-state index is 0.188. The zero-order chi connectivity index (χ0) is 22.6. The third kappa shape index (κ3) is 4.62. The molecule has 0 atom stereocenters. The second kappa shape index (κ2) is 9.01. The van der Waals surface area contributed by atoms with E-state index < -0.39 is 0 Å². The average Bonchev–Trinajstić information content (AvgIpc) is 3.26. The third-order valence-corrected chi connectivity index (χ3v) is 5.39. The molecule has 0 unspecified atom stereocenters. The van der Waals surface area contributed by atoms with Crippen molar-refractivity contribution in [2.75, 3.05) is 5.32 Å². The van der Waals surface area contributed by atoms with Gasteiger partial charge in [0.1, 0.15) is 18.0 Å². The predicted molar refractivity (Wildman–Crippen MR) is 131 cm³/mol. The van der Waals surface area contributed by atoms with Crippen molar-refractivity contribution >= 4 is 17.2 Å². The molecule has 162 valence electrons. The van der Waals surface area contributed by atoms with E-state index in [9.17, 15) is 4.79 Å². The number of para-hydroxylation sites is 1. The average molecular weight is 434 g/mol. The molecule has 0 aliphatic rings. The number of ether oxygens (including phenoxy) is 1. The van der Waals surface area contributed by atoms with Crippen molar-refractivity contribution in [1.82, 2.24) is 9.38 Å². The molecule has 0 radical (unpaired) electrons. The van der Waals surface area contributed by atoms with Gasteiger partial charge in [0, 0.05) is 29.2 Å². The monoisotopic (exact) mass is 433 g/mol. The van der Waals surface area contributed by atoms with E-state index in [0.29, 0.717) is 17.9 Å². The number of carbonyl (C=O) groups is 1. The van der Waals surface area contributed by atoms with E-state index in [1.54, 1.807) is 12.1 Å². The molecule has 0 bridgehead atoms. The van der Waals surface area contributed by atoms with Crippen LogP contribution in [0.4, 0.5) is 5.69 Å². The molecule has 2 aromatic heterocycles. The van der Waals surface area contributed by atoms with Gasteiger partial charge in [0.15, 0.2) is 0 Å². The van der Waals surface area contributed by atoms with Crippen LogP contribution in [0.5, 0.6) is 5.75 Å². The Balaban J connectivity index is 1.30. The first kappa shape index (κ1) is 20.5.